The first-order chi connectivity index (χ1) is 9.41. The lowest BCUT2D eigenvalue weighted by molar-refractivity contribution is -0.137. The average Bonchev–Trinajstić information content (AvgIpc) is 2.44. The number of hydrogen-bond acceptors (Lipinski definition) is 5. The van der Waals surface area contributed by atoms with Gasteiger partial charge >= 0.3 is 5.97 Å². The zero-order valence-corrected chi connectivity index (χ0v) is 12.9. The maximum absolute atomic E-state index is 11.9. The molecule has 0 bridgehead atoms. The molecular formula is C14H21NO4S. The molecule has 0 spiro atoms. The zero-order chi connectivity index (χ0) is 15.2. The molecule has 0 radical (unpaired) electrons. The Morgan fingerprint density at radius 1 is 1.30 bits per heavy atom. The Balaban J connectivity index is 2.82. The van der Waals surface area contributed by atoms with Crippen molar-refractivity contribution in [3.63, 3.8) is 0 Å². The Kier molecular flexibility index (Phi) is 6.16. The van der Waals surface area contributed by atoms with Crippen LogP contribution in [0.2, 0.25) is 0 Å². The van der Waals surface area contributed by atoms with Crippen LogP contribution in [0.25, 0.3) is 0 Å². The Morgan fingerprint density at radius 3 is 2.35 bits per heavy atom. The van der Waals surface area contributed by atoms with E-state index in [0.717, 1.165) is 12.0 Å². The number of ether oxygens (including phenoxy) is 1. The SMILES string of the molecule is CCc1ccc(C(CS(=O)(=O)CC(=O)OC)NC)cc1. The van der Waals surface area contributed by atoms with Gasteiger partial charge in [0.1, 0.15) is 5.75 Å². The lowest BCUT2D eigenvalue weighted by atomic mass is 10.1. The van der Waals surface area contributed by atoms with Gasteiger partial charge in [-0.3, -0.25) is 4.79 Å². The molecule has 0 aliphatic heterocycles. The van der Waals surface area contributed by atoms with Crippen molar-refractivity contribution in [1.82, 2.24) is 5.32 Å². The summed E-state index contributed by atoms with van der Waals surface area (Å²) >= 11 is 0. The van der Waals surface area contributed by atoms with Crippen LogP contribution in [-0.4, -0.2) is 40.1 Å². The molecule has 20 heavy (non-hydrogen) atoms. The summed E-state index contributed by atoms with van der Waals surface area (Å²) in [6, 6.07) is 7.44. The van der Waals surface area contributed by atoms with Crippen LogP contribution in [0, 0.1) is 0 Å². The summed E-state index contributed by atoms with van der Waals surface area (Å²) in [6.07, 6.45) is 0.936. The molecule has 0 fully saturated rings. The predicted octanol–water partition coefficient (Wildman–Crippen LogP) is 1.10. The Labute approximate surface area is 120 Å². The molecule has 1 atom stereocenters. The van der Waals surface area contributed by atoms with Gasteiger partial charge in [0.25, 0.3) is 0 Å². The van der Waals surface area contributed by atoms with E-state index in [1.54, 1.807) is 7.05 Å². The highest BCUT2D eigenvalue weighted by molar-refractivity contribution is 7.92. The molecule has 0 saturated carbocycles. The molecule has 0 aromatic heterocycles. The van der Waals surface area contributed by atoms with Crippen molar-refractivity contribution in [2.24, 2.45) is 0 Å². The van der Waals surface area contributed by atoms with E-state index in [9.17, 15) is 13.2 Å². The molecule has 6 heteroatoms. The largest absolute Gasteiger partial charge is 0.468 e. The maximum Gasteiger partial charge on any atom is 0.320 e. The normalized spacial score (nSPS) is 12.9. The van der Waals surface area contributed by atoms with E-state index in [4.69, 9.17) is 0 Å². The third kappa shape index (κ3) is 4.94. The second-order valence-electron chi connectivity index (χ2n) is 4.57. The van der Waals surface area contributed by atoms with Crippen molar-refractivity contribution in [2.75, 3.05) is 25.7 Å². The fourth-order valence-electron chi connectivity index (χ4n) is 1.88. The Morgan fingerprint density at radius 2 is 1.90 bits per heavy atom. The second kappa shape index (κ2) is 7.40. The van der Waals surface area contributed by atoms with Crippen LogP contribution in [0.15, 0.2) is 24.3 Å². The number of carbonyl (C=O) groups excluding carboxylic acids is 1. The minimum absolute atomic E-state index is 0.135. The molecule has 0 heterocycles. The van der Waals surface area contributed by atoms with Crippen LogP contribution < -0.4 is 5.32 Å². The fourth-order valence-corrected chi connectivity index (χ4v) is 3.35. The van der Waals surface area contributed by atoms with Gasteiger partial charge in [-0.25, -0.2) is 8.42 Å². The van der Waals surface area contributed by atoms with Gasteiger partial charge in [-0.1, -0.05) is 31.2 Å². The maximum atomic E-state index is 11.9. The third-order valence-electron chi connectivity index (χ3n) is 3.12. The van der Waals surface area contributed by atoms with Crippen molar-refractivity contribution >= 4 is 15.8 Å². The Hall–Kier alpha value is -1.40. The number of hydrogen-bond donors (Lipinski definition) is 1. The summed E-state index contributed by atoms with van der Waals surface area (Å²) in [5, 5.41) is 2.97. The Bertz CT molecular complexity index is 537. The van der Waals surface area contributed by atoms with Gasteiger partial charge in [0, 0.05) is 6.04 Å². The average molecular weight is 299 g/mol. The van der Waals surface area contributed by atoms with E-state index >= 15 is 0 Å². The number of aryl methyl sites for hydroxylation is 1. The van der Waals surface area contributed by atoms with Crippen LogP contribution in [0.5, 0.6) is 0 Å². The van der Waals surface area contributed by atoms with Crippen LogP contribution in [0.3, 0.4) is 0 Å². The van der Waals surface area contributed by atoms with E-state index in [1.165, 1.54) is 12.7 Å². The predicted molar refractivity (Wildman–Crippen MR) is 78.3 cm³/mol. The summed E-state index contributed by atoms with van der Waals surface area (Å²) in [5.41, 5.74) is 2.08. The van der Waals surface area contributed by atoms with E-state index in [0.29, 0.717) is 0 Å². The van der Waals surface area contributed by atoms with E-state index in [-0.39, 0.29) is 11.8 Å². The van der Waals surface area contributed by atoms with Crippen molar-refractivity contribution in [3.8, 4) is 0 Å². The van der Waals surface area contributed by atoms with Gasteiger partial charge < -0.3 is 10.1 Å². The number of sulfone groups is 1. The third-order valence-corrected chi connectivity index (χ3v) is 4.64. The van der Waals surface area contributed by atoms with Crippen molar-refractivity contribution in [1.29, 1.82) is 0 Å². The zero-order valence-electron chi connectivity index (χ0n) is 12.0. The van der Waals surface area contributed by atoms with Gasteiger partial charge in [-0.05, 0) is 24.6 Å². The van der Waals surface area contributed by atoms with Crippen LogP contribution >= 0.6 is 0 Å². The van der Waals surface area contributed by atoms with Gasteiger partial charge in [-0.2, -0.15) is 0 Å². The van der Waals surface area contributed by atoms with Crippen molar-refractivity contribution in [3.05, 3.63) is 35.4 Å². The summed E-state index contributed by atoms with van der Waals surface area (Å²) in [6.45, 7) is 2.06. The molecule has 1 unspecified atom stereocenters. The van der Waals surface area contributed by atoms with Crippen LogP contribution in [0.4, 0.5) is 0 Å². The topological polar surface area (TPSA) is 72.5 Å². The summed E-state index contributed by atoms with van der Waals surface area (Å²) in [5.74, 6) is -1.46. The first-order valence-corrected chi connectivity index (χ1v) is 8.27. The smallest absolute Gasteiger partial charge is 0.320 e. The van der Waals surface area contributed by atoms with Crippen LogP contribution in [-0.2, 0) is 25.8 Å². The fraction of sp³-hybridized carbons (Fsp3) is 0.500. The first kappa shape index (κ1) is 16.7. The molecule has 1 aromatic rings. The molecule has 1 rings (SSSR count). The first-order valence-electron chi connectivity index (χ1n) is 6.45. The molecule has 1 N–H and O–H groups in total. The van der Waals surface area contributed by atoms with Crippen LogP contribution in [0.1, 0.15) is 24.1 Å². The minimum Gasteiger partial charge on any atom is -0.468 e. The molecule has 0 aliphatic rings. The van der Waals surface area contributed by atoms with E-state index in [1.807, 2.05) is 24.3 Å². The quantitative estimate of drug-likeness (QED) is 0.763. The van der Waals surface area contributed by atoms with E-state index < -0.39 is 21.6 Å². The highest BCUT2D eigenvalue weighted by Gasteiger charge is 2.22. The number of benzene rings is 1. The van der Waals surface area contributed by atoms with Gasteiger partial charge in [-0.15, -0.1) is 0 Å². The molecule has 1 aromatic carbocycles. The summed E-state index contributed by atoms with van der Waals surface area (Å²) in [7, 11) is -0.627. The minimum atomic E-state index is -3.51. The molecule has 5 nitrogen and oxygen atoms in total. The highest BCUT2D eigenvalue weighted by atomic mass is 32.2. The van der Waals surface area contributed by atoms with Gasteiger partial charge in [0.05, 0.1) is 12.9 Å². The summed E-state index contributed by atoms with van der Waals surface area (Å²) < 4.78 is 28.2. The van der Waals surface area contributed by atoms with E-state index in [2.05, 4.69) is 17.0 Å². The highest BCUT2D eigenvalue weighted by Crippen LogP contribution is 2.16. The van der Waals surface area contributed by atoms with Gasteiger partial charge in [0.2, 0.25) is 0 Å². The molecule has 0 aliphatic carbocycles. The second-order valence-corrected chi connectivity index (χ2v) is 6.68. The number of rotatable bonds is 7. The van der Waals surface area contributed by atoms with Crippen molar-refractivity contribution in [2.45, 2.75) is 19.4 Å². The standard InChI is InChI=1S/C14H21NO4S/c1-4-11-5-7-12(8-6-11)13(15-2)9-20(17,18)10-14(16)19-3/h5-8,13,15H,4,9-10H2,1-3H3. The number of carbonyl (C=O) groups is 1. The lowest BCUT2D eigenvalue weighted by Crippen LogP contribution is -2.29. The number of esters is 1. The lowest BCUT2D eigenvalue weighted by Gasteiger charge is -2.17. The molecular weight excluding hydrogens is 278 g/mol. The number of nitrogens with one attached hydrogen (secondary N) is 1. The monoisotopic (exact) mass is 299 g/mol. The van der Waals surface area contributed by atoms with Gasteiger partial charge in [0.15, 0.2) is 9.84 Å². The number of methoxy groups -OCH3 is 1. The molecule has 0 amide bonds. The molecule has 112 valence electrons. The summed E-state index contributed by atoms with van der Waals surface area (Å²) in [4.78, 5) is 11.1. The molecule has 0 saturated heterocycles. The van der Waals surface area contributed by atoms with Crippen molar-refractivity contribution < 1.29 is 17.9 Å².